The van der Waals surface area contributed by atoms with E-state index in [1.807, 2.05) is 0 Å². The number of benzene rings is 2. The Hall–Kier alpha value is -2.60. The van der Waals surface area contributed by atoms with Crippen LogP contribution in [0.4, 0.5) is 20.6 Å². The molecule has 0 bridgehead atoms. The van der Waals surface area contributed by atoms with Gasteiger partial charge in [0.15, 0.2) is 0 Å². The van der Waals surface area contributed by atoms with Crippen LogP contribution in [0.5, 0.6) is 0 Å². The average molecular weight is 362 g/mol. The summed E-state index contributed by atoms with van der Waals surface area (Å²) in [6, 6.07) is 11.8. The molecular weight excluding hydrogens is 345 g/mol. The van der Waals surface area contributed by atoms with E-state index in [0.717, 1.165) is 0 Å². The van der Waals surface area contributed by atoms with Crippen molar-refractivity contribution in [2.75, 3.05) is 23.3 Å². The van der Waals surface area contributed by atoms with E-state index in [2.05, 4.69) is 5.32 Å². The second-order valence-electron chi connectivity index (χ2n) is 5.75. The van der Waals surface area contributed by atoms with Gasteiger partial charge in [-0.3, -0.25) is 4.79 Å². The molecule has 1 N–H and O–H groups in total. The molecule has 2 aromatic carbocycles. The number of amides is 3. The molecule has 130 valence electrons. The van der Waals surface area contributed by atoms with Crippen LogP contribution in [0.1, 0.15) is 6.92 Å². The van der Waals surface area contributed by atoms with Crippen LogP contribution in [-0.4, -0.2) is 36.0 Å². The molecule has 1 aliphatic heterocycles. The van der Waals surface area contributed by atoms with Crippen LogP contribution in [0.15, 0.2) is 48.5 Å². The molecule has 0 spiro atoms. The lowest BCUT2D eigenvalue weighted by atomic mass is 10.1. The average Bonchev–Trinajstić information content (AvgIpc) is 2.58. The largest absolute Gasteiger partial charge is 0.322 e. The van der Waals surface area contributed by atoms with Crippen molar-refractivity contribution in [3.63, 3.8) is 0 Å². The first-order valence-corrected chi connectivity index (χ1v) is 8.24. The van der Waals surface area contributed by atoms with Gasteiger partial charge in [-0.25, -0.2) is 9.18 Å². The molecule has 1 aliphatic rings. The normalized spacial score (nSPS) is 17.6. The topological polar surface area (TPSA) is 52.7 Å². The van der Waals surface area contributed by atoms with Crippen molar-refractivity contribution in [1.82, 2.24) is 4.90 Å². The van der Waals surface area contributed by atoms with Gasteiger partial charge in [-0.1, -0.05) is 29.8 Å². The molecule has 0 aliphatic carbocycles. The minimum Gasteiger partial charge on any atom is -0.311 e. The summed E-state index contributed by atoms with van der Waals surface area (Å²) in [7, 11) is 0. The Kier molecular flexibility index (Phi) is 4.90. The van der Waals surface area contributed by atoms with Crippen molar-refractivity contribution in [3.8, 4) is 0 Å². The second kappa shape index (κ2) is 7.11. The summed E-state index contributed by atoms with van der Waals surface area (Å²) in [5, 5.41) is 3.23. The molecule has 5 nitrogen and oxygen atoms in total. The van der Waals surface area contributed by atoms with Crippen LogP contribution in [0.25, 0.3) is 0 Å². The summed E-state index contributed by atoms with van der Waals surface area (Å²) in [6.07, 6.45) is 0. The summed E-state index contributed by atoms with van der Waals surface area (Å²) in [5.41, 5.74) is 0.780. The minimum atomic E-state index is -0.701. The Labute approximate surface area is 150 Å². The van der Waals surface area contributed by atoms with Gasteiger partial charge in [0.05, 0.1) is 5.69 Å². The highest BCUT2D eigenvalue weighted by Gasteiger charge is 2.35. The lowest BCUT2D eigenvalue weighted by Crippen LogP contribution is -2.58. The van der Waals surface area contributed by atoms with E-state index in [-0.39, 0.29) is 18.1 Å². The monoisotopic (exact) mass is 361 g/mol. The lowest BCUT2D eigenvalue weighted by Gasteiger charge is -2.39. The first-order valence-electron chi connectivity index (χ1n) is 7.86. The number of carbonyl (C=O) groups excluding carboxylic acids is 2. The highest BCUT2D eigenvalue weighted by Crippen LogP contribution is 2.24. The van der Waals surface area contributed by atoms with Gasteiger partial charge in [0.1, 0.15) is 11.9 Å². The molecule has 1 fully saturated rings. The number of rotatable bonds is 2. The fourth-order valence-electron chi connectivity index (χ4n) is 2.82. The van der Waals surface area contributed by atoms with E-state index in [9.17, 15) is 14.0 Å². The smallest absolute Gasteiger partial charge is 0.311 e. The Balaban J connectivity index is 1.73. The minimum absolute atomic E-state index is 0.229. The lowest BCUT2D eigenvalue weighted by molar-refractivity contribution is -0.123. The highest BCUT2D eigenvalue weighted by atomic mass is 35.5. The van der Waals surface area contributed by atoms with Crippen LogP contribution in [-0.2, 0) is 4.79 Å². The predicted octanol–water partition coefficient (Wildman–Crippen LogP) is 3.75. The molecule has 3 amide bonds. The molecular formula is C18H17ClFN3O2. The first kappa shape index (κ1) is 17.2. The third-order valence-corrected chi connectivity index (χ3v) is 4.37. The molecule has 2 aromatic rings. The van der Waals surface area contributed by atoms with Crippen molar-refractivity contribution in [2.45, 2.75) is 13.0 Å². The number of nitrogens with zero attached hydrogens (tertiary/aromatic N) is 2. The fourth-order valence-corrected chi connectivity index (χ4v) is 3.01. The Morgan fingerprint density at radius 1 is 1.20 bits per heavy atom. The maximum atomic E-state index is 14.0. The van der Waals surface area contributed by atoms with Crippen molar-refractivity contribution in [1.29, 1.82) is 0 Å². The van der Waals surface area contributed by atoms with Gasteiger partial charge in [0.2, 0.25) is 5.91 Å². The zero-order chi connectivity index (χ0) is 18.0. The number of anilines is 2. The van der Waals surface area contributed by atoms with Gasteiger partial charge in [-0.15, -0.1) is 0 Å². The van der Waals surface area contributed by atoms with Gasteiger partial charge in [-0.05, 0) is 37.3 Å². The SMILES string of the molecule is CC1C(=O)N(c2ccccc2F)CCN1C(=O)Nc1cccc(Cl)c1. The van der Waals surface area contributed by atoms with E-state index in [0.29, 0.717) is 17.3 Å². The van der Waals surface area contributed by atoms with Gasteiger partial charge >= 0.3 is 6.03 Å². The molecule has 3 rings (SSSR count). The number of hydrogen-bond acceptors (Lipinski definition) is 2. The van der Waals surface area contributed by atoms with E-state index in [4.69, 9.17) is 11.6 Å². The van der Waals surface area contributed by atoms with E-state index in [1.54, 1.807) is 49.4 Å². The van der Waals surface area contributed by atoms with Crippen LogP contribution < -0.4 is 10.2 Å². The highest BCUT2D eigenvalue weighted by molar-refractivity contribution is 6.30. The molecule has 0 aromatic heterocycles. The summed E-state index contributed by atoms with van der Waals surface area (Å²) in [5.74, 6) is -0.780. The standard InChI is InChI=1S/C18H17ClFN3O2/c1-12-17(24)23(16-8-3-2-7-15(16)20)10-9-22(12)18(25)21-14-6-4-5-13(19)11-14/h2-8,11-12H,9-10H2,1H3,(H,21,25). The van der Waals surface area contributed by atoms with Crippen molar-refractivity contribution >= 4 is 34.9 Å². The molecule has 1 unspecified atom stereocenters. The van der Waals surface area contributed by atoms with Gasteiger partial charge < -0.3 is 15.1 Å². The maximum Gasteiger partial charge on any atom is 0.322 e. The molecule has 25 heavy (non-hydrogen) atoms. The number of nitrogens with one attached hydrogen (secondary N) is 1. The van der Waals surface area contributed by atoms with Crippen LogP contribution in [0, 0.1) is 5.82 Å². The number of hydrogen-bond donors (Lipinski definition) is 1. The summed E-state index contributed by atoms with van der Waals surface area (Å²) in [4.78, 5) is 27.9. The Morgan fingerprint density at radius 3 is 2.68 bits per heavy atom. The van der Waals surface area contributed by atoms with Crippen molar-refractivity contribution in [2.24, 2.45) is 0 Å². The summed E-state index contributed by atoms with van der Waals surface area (Å²) in [6.45, 7) is 2.16. The third kappa shape index (κ3) is 3.58. The fraction of sp³-hybridized carbons (Fsp3) is 0.222. The van der Waals surface area contributed by atoms with Crippen molar-refractivity contribution < 1.29 is 14.0 Å². The maximum absolute atomic E-state index is 14.0. The number of halogens is 2. The van der Waals surface area contributed by atoms with E-state index >= 15 is 0 Å². The predicted molar refractivity (Wildman–Crippen MR) is 95.4 cm³/mol. The first-order chi connectivity index (χ1) is 12.0. The molecule has 0 saturated carbocycles. The van der Waals surface area contributed by atoms with Crippen LogP contribution in [0.2, 0.25) is 5.02 Å². The summed E-state index contributed by atoms with van der Waals surface area (Å²) < 4.78 is 14.0. The van der Waals surface area contributed by atoms with E-state index in [1.165, 1.54) is 15.9 Å². The van der Waals surface area contributed by atoms with Gasteiger partial charge in [0, 0.05) is 23.8 Å². The van der Waals surface area contributed by atoms with Gasteiger partial charge in [0.25, 0.3) is 0 Å². The molecule has 1 atom stereocenters. The Morgan fingerprint density at radius 2 is 1.96 bits per heavy atom. The molecule has 0 radical (unpaired) electrons. The molecule has 7 heteroatoms. The zero-order valence-electron chi connectivity index (χ0n) is 13.6. The van der Waals surface area contributed by atoms with Gasteiger partial charge in [-0.2, -0.15) is 0 Å². The summed E-state index contributed by atoms with van der Waals surface area (Å²) >= 11 is 5.91. The number of para-hydroxylation sites is 1. The molecule has 1 heterocycles. The number of carbonyl (C=O) groups is 2. The number of urea groups is 1. The Bertz CT molecular complexity index is 814. The zero-order valence-corrected chi connectivity index (χ0v) is 14.3. The van der Waals surface area contributed by atoms with Crippen LogP contribution >= 0.6 is 11.6 Å². The van der Waals surface area contributed by atoms with E-state index < -0.39 is 17.9 Å². The second-order valence-corrected chi connectivity index (χ2v) is 6.19. The quantitative estimate of drug-likeness (QED) is 0.885. The van der Waals surface area contributed by atoms with Crippen LogP contribution in [0.3, 0.4) is 0 Å². The number of piperazine rings is 1. The molecule has 1 saturated heterocycles. The van der Waals surface area contributed by atoms with Crippen molar-refractivity contribution in [3.05, 3.63) is 59.4 Å². The third-order valence-electron chi connectivity index (χ3n) is 4.14.